The van der Waals surface area contributed by atoms with Gasteiger partial charge in [-0.15, -0.1) is 0 Å². The summed E-state index contributed by atoms with van der Waals surface area (Å²) in [5.74, 6) is -0.861. The molecule has 0 fully saturated rings. The van der Waals surface area contributed by atoms with Crippen molar-refractivity contribution in [1.29, 1.82) is 0 Å². The summed E-state index contributed by atoms with van der Waals surface area (Å²) in [6.45, 7) is 6.66. The normalized spacial score (nSPS) is 12.4. The number of carbonyl (C=O) groups is 3. The molecule has 1 atom stereocenters. The second-order valence-corrected chi connectivity index (χ2v) is 24.1. The monoisotopic (exact) mass is 1130 g/mol. The Kier molecular flexibility index (Phi) is 67.1. The molecule has 0 N–H and O–H groups in total. The summed E-state index contributed by atoms with van der Waals surface area (Å²) < 4.78 is 17.0. The Morgan fingerprint density at radius 1 is 0.247 bits per heavy atom. The van der Waals surface area contributed by atoms with E-state index in [1.54, 1.807) is 0 Å². The van der Waals surface area contributed by atoms with Gasteiger partial charge < -0.3 is 14.2 Å². The van der Waals surface area contributed by atoms with Crippen molar-refractivity contribution in [3.63, 3.8) is 0 Å². The highest BCUT2D eigenvalue weighted by Crippen LogP contribution is 2.18. The van der Waals surface area contributed by atoms with E-state index >= 15 is 0 Å². The molecule has 0 rings (SSSR count). The highest BCUT2D eigenvalue weighted by molar-refractivity contribution is 5.71. The number of esters is 3. The minimum Gasteiger partial charge on any atom is -0.462 e. The molecule has 0 heterocycles. The van der Waals surface area contributed by atoms with Crippen molar-refractivity contribution in [1.82, 2.24) is 0 Å². The lowest BCUT2D eigenvalue weighted by Crippen LogP contribution is -2.30. The van der Waals surface area contributed by atoms with Gasteiger partial charge in [0.2, 0.25) is 0 Å². The minimum absolute atomic E-state index is 0.0752. The van der Waals surface area contributed by atoms with Crippen LogP contribution in [0.25, 0.3) is 0 Å². The third-order valence-electron chi connectivity index (χ3n) is 16.0. The van der Waals surface area contributed by atoms with Crippen LogP contribution < -0.4 is 0 Å². The summed E-state index contributed by atoms with van der Waals surface area (Å²) in [4.78, 5) is 38.5. The van der Waals surface area contributed by atoms with Crippen molar-refractivity contribution in [2.24, 2.45) is 0 Å². The van der Waals surface area contributed by atoms with Gasteiger partial charge in [0.15, 0.2) is 6.10 Å². The van der Waals surface area contributed by atoms with E-state index in [1.165, 1.54) is 257 Å². The Morgan fingerprint density at radius 2 is 0.444 bits per heavy atom. The fourth-order valence-corrected chi connectivity index (χ4v) is 10.6. The van der Waals surface area contributed by atoms with Crippen LogP contribution in [0.1, 0.15) is 380 Å². The lowest BCUT2D eigenvalue weighted by molar-refractivity contribution is -0.167. The van der Waals surface area contributed by atoms with Gasteiger partial charge in [-0.2, -0.15) is 0 Å². The van der Waals surface area contributed by atoms with E-state index in [0.29, 0.717) is 19.3 Å². The second-order valence-electron chi connectivity index (χ2n) is 24.1. The number of carbonyl (C=O) groups excluding carboxylic acids is 3. The van der Waals surface area contributed by atoms with Crippen LogP contribution in [0.3, 0.4) is 0 Å². The fraction of sp³-hybridized carbons (Fsp3) is 0.827. The average molecular weight is 1130 g/mol. The molecule has 1 unspecified atom stereocenters. The number of ether oxygens (including phenoxy) is 3. The Morgan fingerprint density at radius 3 is 0.716 bits per heavy atom. The van der Waals surface area contributed by atoms with Gasteiger partial charge in [0.1, 0.15) is 13.2 Å². The summed E-state index contributed by atoms with van der Waals surface area (Å²) in [5, 5.41) is 0. The zero-order chi connectivity index (χ0) is 58.5. The summed E-state index contributed by atoms with van der Waals surface area (Å²) >= 11 is 0. The Balaban J connectivity index is 4.33. The van der Waals surface area contributed by atoms with E-state index in [4.69, 9.17) is 14.2 Å². The quantitative estimate of drug-likeness (QED) is 0.0261. The van der Waals surface area contributed by atoms with Crippen LogP contribution in [0, 0.1) is 0 Å². The van der Waals surface area contributed by atoms with Gasteiger partial charge in [-0.25, -0.2) is 0 Å². The molecule has 0 saturated heterocycles. The van der Waals surface area contributed by atoms with Gasteiger partial charge >= 0.3 is 17.9 Å². The van der Waals surface area contributed by atoms with Crippen molar-refractivity contribution < 1.29 is 28.6 Å². The Bertz CT molecular complexity index is 1440. The zero-order valence-corrected chi connectivity index (χ0v) is 54.3. The van der Waals surface area contributed by atoms with Crippen LogP contribution in [0.4, 0.5) is 0 Å². The van der Waals surface area contributed by atoms with Crippen molar-refractivity contribution in [2.45, 2.75) is 386 Å². The lowest BCUT2D eigenvalue weighted by atomic mass is 10.0. The van der Waals surface area contributed by atoms with Crippen molar-refractivity contribution in [2.75, 3.05) is 13.2 Å². The maximum atomic E-state index is 13.0. The van der Waals surface area contributed by atoms with Crippen LogP contribution in [0.2, 0.25) is 0 Å². The molecule has 0 amide bonds. The average Bonchev–Trinajstić information content (AvgIpc) is 3.47. The smallest absolute Gasteiger partial charge is 0.306 e. The van der Waals surface area contributed by atoms with E-state index < -0.39 is 6.10 Å². The number of unbranched alkanes of at least 4 members (excludes halogenated alkanes) is 45. The first-order chi connectivity index (χ1) is 40.0. The molecule has 0 aromatic rings. The molecule has 0 aliphatic rings. The van der Waals surface area contributed by atoms with E-state index in [0.717, 1.165) is 83.5 Å². The number of allylic oxidation sites excluding steroid dienone is 10. The van der Waals surface area contributed by atoms with Gasteiger partial charge in [-0.3, -0.25) is 14.4 Å². The molecule has 6 nitrogen and oxygen atoms in total. The molecular weight excluding hydrogens is 997 g/mol. The third-order valence-corrected chi connectivity index (χ3v) is 16.0. The Hall–Kier alpha value is -2.89. The highest BCUT2D eigenvalue weighted by Gasteiger charge is 2.19. The topological polar surface area (TPSA) is 78.9 Å². The largest absolute Gasteiger partial charge is 0.462 e. The minimum atomic E-state index is -0.779. The Labute approximate surface area is 504 Å². The molecular formula is C75H136O6. The molecule has 0 aliphatic heterocycles. The standard InChI is InChI=1S/C75H136O6/c1-4-7-10-13-16-19-22-25-28-31-33-35-36-37-38-40-41-44-47-50-53-56-59-62-65-68-74(77)80-71-72(70-79-73(76)67-64-61-58-55-52-49-46-43-30-27-24-21-18-15-12-9-6-3)81-75(78)69-66-63-60-57-54-51-48-45-42-39-34-32-29-26-23-20-17-14-11-8-5-2/h18,21-22,25,27,30-31,33,36-37,72H,4-17,19-20,23-24,26,28-29,32,34-35,38-71H2,1-3H3/b21-18-,25-22-,30-27-,33-31-,37-36-. The van der Waals surface area contributed by atoms with Gasteiger partial charge in [0.05, 0.1) is 0 Å². The summed E-state index contributed by atoms with van der Waals surface area (Å²) in [5.41, 5.74) is 0. The number of hydrogen-bond donors (Lipinski definition) is 0. The van der Waals surface area contributed by atoms with Gasteiger partial charge in [0, 0.05) is 19.3 Å². The van der Waals surface area contributed by atoms with E-state index in [9.17, 15) is 14.4 Å². The number of hydrogen-bond acceptors (Lipinski definition) is 6. The fourth-order valence-electron chi connectivity index (χ4n) is 10.6. The summed E-state index contributed by atoms with van der Waals surface area (Å²) in [6.07, 6.45) is 89.5. The van der Waals surface area contributed by atoms with Crippen LogP contribution in [0.15, 0.2) is 60.8 Å². The first-order valence-electron chi connectivity index (χ1n) is 35.8. The highest BCUT2D eigenvalue weighted by atomic mass is 16.6. The van der Waals surface area contributed by atoms with E-state index in [-0.39, 0.29) is 31.1 Å². The molecule has 0 radical (unpaired) electrons. The molecule has 6 heteroatoms. The maximum Gasteiger partial charge on any atom is 0.306 e. The van der Waals surface area contributed by atoms with Crippen molar-refractivity contribution in [3.05, 3.63) is 60.8 Å². The van der Waals surface area contributed by atoms with Crippen LogP contribution in [0.5, 0.6) is 0 Å². The van der Waals surface area contributed by atoms with Gasteiger partial charge in [0.25, 0.3) is 0 Å². The van der Waals surface area contributed by atoms with Crippen LogP contribution >= 0.6 is 0 Å². The molecule has 472 valence electrons. The second kappa shape index (κ2) is 69.6. The third kappa shape index (κ3) is 67.8. The van der Waals surface area contributed by atoms with Gasteiger partial charge in [-0.05, 0) is 89.9 Å². The molecule has 0 bridgehead atoms. The molecule has 0 saturated carbocycles. The number of rotatable bonds is 66. The van der Waals surface area contributed by atoms with Crippen LogP contribution in [-0.4, -0.2) is 37.2 Å². The SMILES string of the molecule is CCCCC/C=C\C/C=C\CCCCCCCCCC(=O)OCC(COC(=O)CCCCCCCCCCCC/C=C\C/C=C\C/C=C\CCCCCCC)OC(=O)CCCCCCCCCCCCCCCCCCCCCCC. The predicted molar refractivity (Wildman–Crippen MR) is 353 cm³/mol. The first-order valence-corrected chi connectivity index (χ1v) is 35.8. The molecule has 0 aromatic heterocycles. The predicted octanol–water partition coefficient (Wildman–Crippen LogP) is 24.7. The van der Waals surface area contributed by atoms with Crippen LogP contribution in [-0.2, 0) is 28.6 Å². The zero-order valence-electron chi connectivity index (χ0n) is 54.3. The molecule has 0 aromatic carbocycles. The summed E-state index contributed by atoms with van der Waals surface area (Å²) in [7, 11) is 0. The van der Waals surface area contributed by atoms with Crippen molar-refractivity contribution in [3.8, 4) is 0 Å². The molecule has 0 aliphatic carbocycles. The summed E-state index contributed by atoms with van der Waals surface area (Å²) in [6, 6.07) is 0. The maximum absolute atomic E-state index is 13.0. The van der Waals surface area contributed by atoms with Crippen molar-refractivity contribution >= 4 is 17.9 Å². The molecule has 81 heavy (non-hydrogen) atoms. The van der Waals surface area contributed by atoms with E-state index in [2.05, 4.69) is 81.5 Å². The lowest BCUT2D eigenvalue weighted by Gasteiger charge is -2.18. The van der Waals surface area contributed by atoms with E-state index in [1.807, 2.05) is 0 Å². The van der Waals surface area contributed by atoms with Gasteiger partial charge in [-0.1, -0.05) is 332 Å². The first kappa shape index (κ1) is 78.1. The molecule has 0 spiro atoms.